The molecule has 0 amide bonds. The first-order valence-electron chi connectivity index (χ1n) is 7.58. The number of imidazole rings is 1. The van der Waals surface area contributed by atoms with Crippen LogP contribution in [0.3, 0.4) is 0 Å². The highest BCUT2D eigenvalue weighted by molar-refractivity contribution is 5.79. The van der Waals surface area contributed by atoms with Gasteiger partial charge in [-0.15, -0.1) is 0 Å². The van der Waals surface area contributed by atoms with Gasteiger partial charge in [0.2, 0.25) is 0 Å². The molecule has 0 spiro atoms. The van der Waals surface area contributed by atoms with Crippen molar-refractivity contribution in [3.8, 4) is 5.75 Å². The molecule has 4 heteroatoms. The Morgan fingerprint density at radius 1 is 1.00 bits per heavy atom. The fourth-order valence-electron chi connectivity index (χ4n) is 2.52. The normalized spacial score (nSPS) is 11.4. The highest BCUT2D eigenvalue weighted by Crippen LogP contribution is 2.19. The molecule has 3 rings (SSSR count). The van der Waals surface area contributed by atoms with Crippen LogP contribution >= 0.6 is 0 Å². The molecule has 0 unspecified atom stereocenters. The molecular formula is C19H20N2O2. The first-order valence-corrected chi connectivity index (χ1v) is 7.58. The van der Waals surface area contributed by atoms with Crippen molar-refractivity contribution in [1.29, 1.82) is 0 Å². The number of para-hydroxylation sites is 2. The smallest absolute Gasteiger partial charge is 0.133 e. The molecule has 0 saturated heterocycles. The van der Waals surface area contributed by atoms with Crippen LogP contribution < -0.4 is 4.74 Å². The van der Waals surface area contributed by atoms with E-state index >= 15 is 0 Å². The molecule has 118 valence electrons. The maximum absolute atomic E-state index is 5.22. The van der Waals surface area contributed by atoms with Gasteiger partial charge in [0.25, 0.3) is 0 Å². The topological polar surface area (TPSA) is 36.3 Å². The van der Waals surface area contributed by atoms with E-state index in [1.807, 2.05) is 48.5 Å². The van der Waals surface area contributed by atoms with Crippen LogP contribution in [0.15, 0.2) is 48.5 Å². The largest absolute Gasteiger partial charge is 0.497 e. The predicted octanol–water partition coefficient (Wildman–Crippen LogP) is 3.86. The summed E-state index contributed by atoms with van der Waals surface area (Å²) in [5, 5.41) is 0. The fourth-order valence-corrected chi connectivity index (χ4v) is 2.52. The highest BCUT2D eigenvalue weighted by atomic mass is 16.5. The number of benzene rings is 2. The molecule has 0 aliphatic rings. The first-order chi connectivity index (χ1) is 11.3. The number of fused-ring (bicyclic) bond motifs is 1. The lowest BCUT2D eigenvalue weighted by atomic mass is 10.2. The molecule has 23 heavy (non-hydrogen) atoms. The molecule has 4 nitrogen and oxygen atoms in total. The Morgan fingerprint density at radius 3 is 2.52 bits per heavy atom. The van der Waals surface area contributed by atoms with Gasteiger partial charge >= 0.3 is 0 Å². The molecule has 0 N–H and O–H groups in total. The number of hydrogen-bond acceptors (Lipinski definition) is 3. The summed E-state index contributed by atoms with van der Waals surface area (Å²) in [4.78, 5) is 4.71. The number of nitrogens with zero attached hydrogens (tertiary/aromatic N) is 2. The summed E-state index contributed by atoms with van der Waals surface area (Å²) < 4.78 is 12.6. The van der Waals surface area contributed by atoms with Crippen LogP contribution in [0.4, 0.5) is 0 Å². The number of aromatic nitrogens is 2. The number of methoxy groups -OCH3 is 2. The quantitative estimate of drug-likeness (QED) is 0.694. The first kappa shape index (κ1) is 15.3. The van der Waals surface area contributed by atoms with Gasteiger partial charge in [-0.2, -0.15) is 0 Å². The summed E-state index contributed by atoms with van der Waals surface area (Å²) >= 11 is 0. The fraction of sp³-hybridized carbons (Fsp3) is 0.211. The van der Waals surface area contributed by atoms with Crippen molar-refractivity contribution in [1.82, 2.24) is 9.55 Å². The number of rotatable bonds is 6. The van der Waals surface area contributed by atoms with Crippen molar-refractivity contribution in [2.75, 3.05) is 20.8 Å². The Morgan fingerprint density at radius 2 is 1.78 bits per heavy atom. The van der Waals surface area contributed by atoms with Crippen LogP contribution in [0.2, 0.25) is 0 Å². The maximum atomic E-state index is 5.22. The Hall–Kier alpha value is -2.59. The van der Waals surface area contributed by atoms with Crippen molar-refractivity contribution in [2.24, 2.45) is 0 Å². The highest BCUT2D eigenvalue weighted by Gasteiger charge is 2.07. The Labute approximate surface area is 136 Å². The van der Waals surface area contributed by atoms with Gasteiger partial charge in [-0.25, -0.2) is 4.98 Å². The van der Waals surface area contributed by atoms with Crippen LogP contribution in [0.25, 0.3) is 23.2 Å². The van der Waals surface area contributed by atoms with E-state index in [1.54, 1.807) is 14.2 Å². The lowest BCUT2D eigenvalue weighted by Gasteiger charge is -2.06. The summed E-state index contributed by atoms with van der Waals surface area (Å²) in [5.41, 5.74) is 3.23. The third-order valence-electron chi connectivity index (χ3n) is 3.74. The zero-order valence-electron chi connectivity index (χ0n) is 13.4. The standard InChI is InChI=1S/C19H20N2O2/c1-22-14-13-21-18-6-4-3-5-17(18)20-19(21)12-9-15-7-10-16(23-2)11-8-15/h3-12H,13-14H2,1-2H3/b12-9+. The molecule has 2 aromatic carbocycles. The van der Waals surface area contributed by atoms with Gasteiger partial charge in [0.1, 0.15) is 11.6 Å². The van der Waals surface area contributed by atoms with Crippen molar-refractivity contribution >= 4 is 23.2 Å². The average molecular weight is 308 g/mol. The third kappa shape index (κ3) is 3.43. The van der Waals surface area contributed by atoms with Crippen molar-refractivity contribution in [2.45, 2.75) is 6.54 Å². The summed E-state index contributed by atoms with van der Waals surface area (Å²) in [6.07, 6.45) is 4.10. The molecule has 0 aliphatic carbocycles. The Bertz CT molecular complexity index is 804. The molecular weight excluding hydrogens is 288 g/mol. The number of hydrogen-bond donors (Lipinski definition) is 0. The average Bonchev–Trinajstić information content (AvgIpc) is 2.96. The van der Waals surface area contributed by atoms with Gasteiger partial charge in [-0.05, 0) is 35.9 Å². The van der Waals surface area contributed by atoms with Gasteiger partial charge in [-0.1, -0.05) is 30.3 Å². The third-order valence-corrected chi connectivity index (χ3v) is 3.74. The van der Waals surface area contributed by atoms with Gasteiger partial charge in [-0.3, -0.25) is 0 Å². The lowest BCUT2D eigenvalue weighted by molar-refractivity contribution is 0.188. The molecule has 1 heterocycles. The summed E-state index contributed by atoms with van der Waals surface area (Å²) in [7, 11) is 3.38. The van der Waals surface area contributed by atoms with Crippen LogP contribution in [0.5, 0.6) is 5.75 Å². The minimum absolute atomic E-state index is 0.656. The number of ether oxygens (including phenoxy) is 2. The van der Waals surface area contributed by atoms with Gasteiger partial charge in [0, 0.05) is 13.7 Å². The van der Waals surface area contributed by atoms with E-state index < -0.39 is 0 Å². The van der Waals surface area contributed by atoms with E-state index in [2.05, 4.69) is 16.7 Å². The van der Waals surface area contributed by atoms with E-state index in [0.717, 1.165) is 34.7 Å². The SMILES string of the molecule is COCCn1c(/C=C/c2ccc(OC)cc2)nc2ccccc21. The van der Waals surface area contributed by atoms with Crippen molar-refractivity contribution in [3.05, 3.63) is 59.9 Å². The summed E-state index contributed by atoms with van der Waals surface area (Å²) in [6.45, 7) is 1.43. The molecule has 0 fully saturated rings. The van der Waals surface area contributed by atoms with Crippen molar-refractivity contribution < 1.29 is 9.47 Å². The molecule has 0 atom stereocenters. The molecule has 0 radical (unpaired) electrons. The van der Waals surface area contributed by atoms with Crippen molar-refractivity contribution in [3.63, 3.8) is 0 Å². The molecule has 0 bridgehead atoms. The van der Waals surface area contributed by atoms with Gasteiger partial charge < -0.3 is 14.0 Å². The van der Waals surface area contributed by atoms with Crippen LogP contribution in [-0.4, -0.2) is 30.4 Å². The minimum Gasteiger partial charge on any atom is -0.497 e. The zero-order valence-corrected chi connectivity index (χ0v) is 13.4. The monoisotopic (exact) mass is 308 g/mol. The summed E-state index contributed by atoms with van der Waals surface area (Å²) in [5.74, 6) is 1.79. The Kier molecular flexibility index (Phi) is 4.74. The van der Waals surface area contributed by atoms with E-state index in [0.29, 0.717) is 6.61 Å². The predicted molar refractivity (Wildman–Crippen MR) is 93.5 cm³/mol. The maximum Gasteiger partial charge on any atom is 0.133 e. The molecule has 1 aromatic heterocycles. The second kappa shape index (κ2) is 7.11. The van der Waals surface area contributed by atoms with E-state index in [9.17, 15) is 0 Å². The lowest BCUT2D eigenvalue weighted by Crippen LogP contribution is -2.05. The zero-order chi connectivity index (χ0) is 16.1. The van der Waals surface area contributed by atoms with Gasteiger partial charge in [0.15, 0.2) is 0 Å². The van der Waals surface area contributed by atoms with Crippen LogP contribution in [-0.2, 0) is 11.3 Å². The van der Waals surface area contributed by atoms with Crippen LogP contribution in [0.1, 0.15) is 11.4 Å². The van der Waals surface area contributed by atoms with E-state index in [4.69, 9.17) is 14.5 Å². The molecule has 0 aliphatic heterocycles. The van der Waals surface area contributed by atoms with Gasteiger partial charge in [0.05, 0.1) is 24.8 Å². The van der Waals surface area contributed by atoms with Crippen LogP contribution in [0, 0.1) is 0 Å². The second-order valence-electron chi connectivity index (χ2n) is 5.21. The summed E-state index contributed by atoms with van der Waals surface area (Å²) in [6, 6.07) is 16.1. The minimum atomic E-state index is 0.656. The van der Waals surface area contributed by atoms with E-state index in [1.165, 1.54) is 0 Å². The molecule has 0 saturated carbocycles. The Balaban J connectivity index is 1.92. The van der Waals surface area contributed by atoms with E-state index in [-0.39, 0.29) is 0 Å². The molecule has 3 aromatic rings. The second-order valence-corrected chi connectivity index (χ2v) is 5.21.